The lowest BCUT2D eigenvalue weighted by atomic mass is 10.2. The van der Waals surface area contributed by atoms with E-state index in [9.17, 15) is 0 Å². The molecule has 1 aromatic carbocycles. The Labute approximate surface area is 164 Å². The molecule has 0 spiro atoms. The van der Waals surface area contributed by atoms with E-state index in [1.807, 2.05) is 36.5 Å². The van der Waals surface area contributed by atoms with Gasteiger partial charge in [-0.2, -0.15) is 0 Å². The number of hydrogen-bond acceptors (Lipinski definition) is 4. The average molecular weight is 383 g/mol. The second-order valence-electron chi connectivity index (χ2n) is 6.16. The zero-order valence-electron chi connectivity index (χ0n) is 15.6. The summed E-state index contributed by atoms with van der Waals surface area (Å²) in [6, 6.07) is 14.2. The average Bonchev–Trinajstić information content (AvgIpc) is 3.38. The highest BCUT2D eigenvalue weighted by Gasteiger charge is 2.03. The van der Waals surface area contributed by atoms with Crippen LogP contribution in [0.4, 0.5) is 0 Å². The minimum atomic E-state index is 0.647. The molecule has 2 N–H and O–H groups in total. The third-order valence-electron chi connectivity index (χ3n) is 4.09. The highest BCUT2D eigenvalue weighted by molar-refractivity contribution is 7.11. The molecular formula is C21H26N4OS. The van der Waals surface area contributed by atoms with Gasteiger partial charge >= 0.3 is 0 Å². The van der Waals surface area contributed by atoms with Crippen molar-refractivity contribution in [1.29, 1.82) is 0 Å². The summed E-state index contributed by atoms with van der Waals surface area (Å²) in [6.07, 6.45) is 6.45. The molecule has 0 bridgehead atoms. The first-order valence-corrected chi connectivity index (χ1v) is 10.2. The van der Waals surface area contributed by atoms with Gasteiger partial charge < -0.3 is 15.1 Å². The number of rotatable bonds is 9. The molecule has 0 radical (unpaired) electrons. The Morgan fingerprint density at radius 2 is 1.89 bits per heavy atom. The summed E-state index contributed by atoms with van der Waals surface area (Å²) in [7, 11) is 0. The Kier molecular flexibility index (Phi) is 7.47. The molecule has 0 fully saturated rings. The van der Waals surface area contributed by atoms with Crippen LogP contribution in [-0.2, 0) is 25.8 Å². The topological polar surface area (TPSA) is 62.5 Å². The Bertz CT molecular complexity index is 812. The first-order chi connectivity index (χ1) is 13.3. The van der Waals surface area contributed by atoms with E-state index in [0.717, 1.165) is 49.1 Å². The predicted octanol–water partition coefficient (Wildman–Crippen LogP) is 3.82. The molecule has 142 valence electrons. The third kappa shape index (κ3) is 6.57. The number of furan rings is 1. The number of aliphatic imine (C=N–C) groups is 1. The van der Waals surface area contributed by atoms with Crippen LogP contribution in [-0.4, -0.2) is 24.0 Å². The van der Waals surface area contributed by atoms with E-state index in [1.54, 1.807) is 17.6 Å². The fourth-order valence-corrected chi connectivity index (χ4v) is 3.46. The van der Waals surface area contributed by atoms with E-state index >= 15 is 0 Å². The van der Waals surface area contributed by atoms with Crippen molar-refractivity contribution in [1.82, 2.24) is 15.6 Å². The van der Waals surface area contributed by atoms with Crippen LogP contribution in [0.1, 0.15) is 28.1 Å². The summed E-state index contributed by atoms with van der Waals surface area (Å²) in [5.74, 6) is 1.79. The van der Waals surface area contributed by atoms with Crippen molar-refractivity contribution in [3.05, 3.63) is 76.1 Å². The van der Waals surface area contributed by atoms with E-state index < -0.39 is 0 Å². The summed E-state index contributed by atoms with van der Waals surface area (Å²) in [5, 5.41) is 7.98. The highest BCUT2D eigenvalue weighted by Crippen LogP contribution is 2.13. The molecule has 0 aliphatic rings. The van der Waals surface area contributed by atoms with Crippen LogP contribution in [0.2, 0.25) is 0 Å². The van der Waals surface area contributed by atoms with Gasteiger partial charge in [-0.05, 0) is 24.1 Å². The van der Waals surface area contributed by atoms with Crippen LogP contribution in [0.5, 0.6) is 0 Å². The SMILES string of the molecule is CCc1cnc(CCNC(=NCc2ccccc2)NCCc2ccco2)s1. The zero-order valence-corrected chi connectivity index (χ0v) is 16.5. The molecule has 0 amide bonds. The van der Waals surface area contributed by atoms with E-state index in [4.69, 9.17) is 9.41 Å². The number of nitrogens with one attached hydrogen (secondary N) is 2. The number of thiazole rings is 1. The Hall–Kier alpha value is -2.60. The molecule has 5 nitrogen and oxygen atoms in total. The summed E-state index contributed by atoms with van der Waals surface area (Å²) >= 11 is 1.79. The van der Waals surface area contributed by atoms with Crippen LogP contribution >= 0.6 is 11.3 Å². The van der Waals surface area contributed by atoms with Gasteiger partial charge in [-0.15, -0.1) is 11.3 Å². The molecule has 3 rings (SSSR count). The van der Waals surface area contributed by atoms with Gasteiger partial charge in [0.15, 0.2) is 5.96 Å². The lowest BCUT2D eigenvalue weighted by molar-refractivity contribution is 0.506. The molecule has 0 atom stereocenters. The van der Waals surface area contributed by atoms with E-state index in [0.29, 0.717) is 6.54 Å². The van der Waals surface area contributed by atoms with Gasteiger partial charge in [0.25, 0.3) is 0 Å². The van der Waals surface area contributed by atoms with Gasteiger partial charge in [-0.3, -0.25) is 0 Å². The zero-order chi connectivity index (χ0) is 18.7. The fraction of sp³-hybridized carbons (Fsp3) is 0.333. The van der Waals surface area contributed by atoms with Gasteiger partial charge in [0, 0.05) is 37.0 Å². The minimum Gasteiger partial charge on any atom is -0.469 e. The second-order valence-corrected chi connectivity index (χ2v) is 7.36. The van der Waals surface area contributed by atoms with E-state index in [1.165, 1.54) is 10.4 Å². The van der Waals surface area contributed by atoms with Crippen molar-refractivity contribution in [3.8, 4) is 0 Å². The number of aromatic nitrogens is 1. The number of benzene rings is 1. The van der Waals surface area contributed by atoms with Crippen molar-refractivity contribution < 1.29 is 4.42 Å². The van der Waals surface area contributed by atoms with E-state index in [-0.39, 0.29) is 0 Å². The van der Waals surface area contributed by atoms with Crippen LogP contribution in [0.25, 0.3) is 0 Å². The molecule has 3 aromatic rings. The van der Waals surface area contributed by atoms with Gasteiger partial charge in [-0.25, -0.2) is 9.98 Å². The van der Waals surface area contributed by atoms with E-state index in [2.05, 4.69) is 34.7 Å². The normalized spacial score (nSPS) is 11.5. The van der Waals surface area contributed by atoms with Gasteiger partial charge in [0.05, 0.1) is 17.8 Å². The molecule has 0 unspecified atom stereocenters. The van der Waals surface area contributed by atoms with Gasteiger partial charge in [0.1, 0.15) is 5.76 Å². The van der Waals surface area contributed by atoms with Crippen LogP contribution in [0.15, 0.2) is 64.3 Å². The van der Waals surface area contributed by atoms with Gasteiger partial charge in [-0.1, -0.05) is 37.3 Å². The monoisotopic (exact) mass is 382 g/mol. The molecular weight excluding hydrogens is 356 g/mol. The minimum absolute atomic E-state index is 0.647. The Morgan fingerprint density at radius 1 is 1.07 bits per heavy atom. The van der Waals surface area contributed by atoms with Crippen LogP contribution in [0, 0.1) is 0 Å². The first kappa shape index (κ1) is 19.2. The molecule has 27 heavy (non-hydrogen) atoms. The maximum absolute atomic E-state index is 5.39. The van der Waals surface area contributed by atoms with Crippen LogP contribution < -0.4 is 10.6 Å². The summed E-state index contributed by atoms with van der Waals surface area (Å²) in [6.45, 7) is 4.38. The smallest absolute Gasteiger partial charge is 0.191 e. The lowest BCUT2D eigenvalue weighted by Crippen LogP contribution is -2.39. The fourth-order valence-electron chi connectivity index (χ4n) is 2.60. The molecule has 2 heterocycles. The van der Waals surface area contributed by atoms with Crippen molar-refractivity contribution in [2.45, 2.75) is 32.7 Å². The largest absolute Gasteiger partial charge is 0.469 e. The quantitative estimate of drug-likeness (QED) is 0.436. The van der Waals surface area contributed by atoms with Crippen LogP contribution in [0.3, 0.4) is 0 Å². The maximum atomic E-state index is 5.39. The van der Waals surface area contributed by atoms with Crippen molar-refractivity contribution in [2.75, 3.05) is 13.1 Å². The molecule has 2 aromatic heterocycles. The first-order valence-electron chi connectivity index (χ1n) is 9.35. The number of guanidine groups is 1. The van der Waals surface area contributed by atoms with Crippen molar-refractivity contribution in [2.24, 2.45) is 4.99 Å². The molecule has 6 heteroatoms. The maximum Gasteiger partial charge on any atom is 0.191 e. The highest BCUT2D eigenvalue weighted by atomic mass is 32.1. The third-order valence-corrected chi connectivity index (χ3v) is 5.29. The summed E-state index contributed by atoms with van der Waals surface area (Å²) < 4.78 is 5.39. The summed E-state index contributed by atoms with van der Waals surface area (Å²) in [5.41, 5.74) is 1.19. The lowest BCUT2D eigenvalue weighted by Gasteiger charge is -2.12. The molecule has 0 aliphatic heterocycles. The molecule has 0 aliphatic carbocycles. The summed E-state index contributed by atoms with van der Waals surface area (Å²) in [4.78, 5) is 10.5. The van der Waals surface area contributed by atoms with Crippen molar-refractivity contribution >= 4 is 17.3 Å². The van der Waals surface area contributed by atoms with Gasteiger partial charge in [0.2, 0.25) is 0 Å². The molecule has 0 saturated heterocycles. The number of nitrogens with zero attached hydrogens (tertiary/aromatic N) is 2. The second kappa shape index (κ2) is 10.5. The predicted molar refractivity (Wildman–Crippen MR) is 111 cm³/mol. The van der Waals surface area contributed by atoms with Crippen molar-refractivity contribution in [3.63, 3.8) is 0 Å². The number of aryl methyl sites for hydroxylation is 1. The molecule has 0 saturated carbocycles. The Balaban J connectivity index is 1.52. The number of hydrogen-bond donors (Lipinski definition) is 2. The Morgan fingerprint density at radius 3 is 2.59 bits per heavy atom. The standard InChI is InChI=1S/C21H26N4OS/c1-2-19-16-24-20(27-19)11-13-23-21(22-12-10-18-9-6-14-26-18)25-15-17-7-4-3-5-8-17/h3-9,14,16H,2,10-13,15H2,1H3,(H2,22,23,25).